The lowest BCUT2D eigenvalue weighted by molar-refractivity contribution is -0.137. The number of nitrogens with two attached hydrogens (primary N) is 1. The van der Waals surface area contributed by atoms with Crippen LogP contribution in [-0.2, 0) is 11.2 Å². The lowest BCUT2D eigenvalue weighted by Gasteiger charge is -2.25. The number of benzene rings is 1. The molecule has 4 heteroatoms. The summed E-state index contributed by atoms with van der Waals surface area (Å²) in [5.74, 6) is 1.11. The molecular weight excluding hydrogens is 246 g/mol. The van der Waals surface area contributed by atoms with Crippen molar-refractivity contribution in [2.75, 3.05) is 11.5 Å². The number of thioether (sulfide) groups is 1. The van der Waals surface area contributed by atoms with E-state index >= 15 is 0 Å². The average Bonchev–Trinajstić information content (AvgIpc) is 2.38. The Bertz CT molecular complexity index is 422. The van der Waals surface area contributed by atoms with Gasteiger partial charge in [0.2, 0.25) is 0 Å². The van der Waals surface area contributed by atoms with E-state index in [1.807, 2.05) is 0 Å². The van der Waals surface area contributed by atoms with Gasteiger partial charge in [-0.25, -0.2) is 0 Å². The van der Waals surface area contributed by atoms with Crippen LogP contribution in [0.4, 0.5) is 0 Å². The minimum Gasteiger partial charge on any atom is -0.480 e. The summed E-state index contributed by atoms with van der Waals surface area (Å²) >= 11 is 1.65. The molecule has 0 radical (unpaired) electrons. The first-order valence-electron chi connectivity index (χ1n) is 6.32. The van der Waals surface area contributed by atoms with Crippen LogP contribution >= 0.6 is 11.8 Å². The molecule has 0 bridgehead atoms. The molecular formula is C14H19NO2S. The summed E-state index contributed by atoms with van der Waals surface area (Å²) in [5.41, 5.74) is 8.41. The summed E-state index contributed by atoms with van der Waals surface area (Å²) in [4.78, 5) is 10.6. The van der Waals surface area contributed by atoms with Gasteiger partial charge in [-0.05, 0) is 36.3 Å². The molecule has 3 N–H and O–H groups in total. The summed E-state index contributed by atoms with van der Waals surface area (Å²) < 4.78 is 0. The van der Waals surface area contributed by atoms with E-state index in [2.05, 4.69) is 24.3 Å². The van der Waals surface area contributed by atoms with Gasteiger partial charge in [0.15, 0.2) is 0 Å². The molecule has 98 valence electrons. The number of fused-ring (bicyclic) bond motifs is 1. The van der Waals surface area contributed by atoms with Gasteiger partial charge < -0.3 is 10.8 Å². The van der Waals surface area contributed by atoms with Crippen LogP contribution in [0.5, 0.6) is 0 Å². The zero-order valence-electron chi connectivity index (χ0n) is 10.3. The molecule has 1 aliphatic carbocycles. The highest BCUT2D eigenvalue weighted by Gasteiger charge is 2.20. The molecule has 0 fully saturated rings. The maximum Gasteiger partial charge on any atom is 0.321 e. The Morgan fingerprint density at radius 1 is 1.50 bits per heavy atom. The minimum atomic E-state index is -0.911. The summed E-state index contributed by atoms with van der Waals surface area (Å²) in [6.07, 6.45) is 3.60. The molecule has 1 aromatic carbocycles. The number of hydrogen-bond donors (Lipinski definition) is 2. The molecule has 18 heavy (non-hydrogen) atoms. The second kappa shape index (κ2) is 6.25. The topological polar surface area (TPSA) is 63.3 Å². The minimum absolute atomic E-state index is 0.494. The van der Waals surface area contributed by atoms with Gasteiger partial charge in [-0.1, -0.05) is 24.3 Å². The second-order valence-corrected chi connectivity index (χ2v) is 5.85. The summed E-state index contributed by atoms with van der Waals surface area (Å²) in [5, 5.41) is 8.74. The number of aryl methyl sites for hydroxylation is 1. The third-order valence-electron chi connectivity index (χ3n) is 3.43. The highest BCUT2D eigenvalue weighted by Crippen LogP contribution is 2.33. The van der Waals surface area contributed by atoms with Crippen molar-refractivity contribution in [3.63, 3.8) is 0 Å². The van der Waals surface area contributed by atoms with Crippen molar-refractivity contribution in [2.45, 2.75) is 31.2 Å². The molecule has 1 aliphatic rings. The van der Waals surface area contributed by atoms with Crippen molar-refractivity contribution in [2.24, 2.45) is 5.73 Å². The first-order valence-corrected chi connectivity index (χ1v) is 7.48. The van der Waals surface area contributed by atoms with Crippen LogP contribution in [0.15, 0.2) is 24.3 Å². The van der Waals surface area contributed by atoms with Gasteiger partial charge in [0, 0.05) is 11.5 Å². The third-order valence-corrected chi connectivity index (χ3v) is 4.66. The molecule has 0 heterocycles. The molecule has 0 amide bonds. The van der Waals surface area contributed by atoms with Gasteiger partial charge in [-0.15, -0.1) is 0 Å². The largest absolute Gasteiger partial charge is 0.480 e. The van der Waals surface area contributed by atoms with Gasteiger partial charge in [0.25, 0.3) is 0 Å². The maximum absolute atomic E-state index is 10.6. The number of hydrogen-bond acceptors (Lipinski definition) is 3. The molecule has 1 aromatic rings. The number of rotatable bonds is 5. The van der Waals surface area contributed by atoms with Crippen LogP contribution in [-0.4, -0.2) is 28.6 Å². The molecule has 0 aliphatic heterocycles. The van der Waals surface area contributed by atoms with Gasteiger partial charge in [0.05, 0.1) is 0 Å². The van der Waals surface area contributed by atoms with Crippen molar-refractivity contribution in [1.29, 1.82) is 0 Å². The van der Waals surface area contributed by atoms with Gasteiger partial charge in [-0.3, -0.25) is 4.79 Å². The quantitative estimate of drug-likeness (QED) is 0.857. The summed E-state index contributed by atoms with van der Waals surface area (Å²) in [6, 6.07) is 7.85. The fraction of sp³-hybridized carbons (Fsp3) is 0.500. The van der Waals surface area contributed by atoms with E-state index in [9.17, 15) is 4.79 Å². The Morgan fingerprint density at radius 2 is 2.28 bits per heavy atom. The van der Waals surface area contributed by atoms with E-state index in [4.69, 9.17) is 10.8 Å². The Morgan fingerprint density at radius 3 is 3.06 bits per heavy atom. The smallest absolute Gasteiger partial charge is 0.321 e. The molecule has 2 rings (SSSR count). The molecule has 0 aromatic heterocycles. The van der Waals surface area contributed by atoms with Crippen LogP contribution in [0.2, 0.25) is 0 Å². The van der Waals surface area contributed by atoms with Crippen LogP contribution < -0.4 is 5.73 Å². The zero-order valence-corrected chi connectivity index (χ0v) is 11.2. The molecule has 2 atom stereocenters. The van der Waals surface area contributed by atoms with Crippen LogP contribution in [0.1, 0.15) is 29.9 Å². The zero-order chi connectivity index (χ0) is 13.0. The highest BCUT2D eigenvalue weighted by molar-refractivity contribution is 7.99. The SMILES string of the molecule is NC(CSCC1CCCc2ccccc21)C(=O)O. The van der Waals surface area contributed by atoms with Gasteiger partial charge >= 0.3 is 5.97 Å². The maximum atomic E-state index is 10.6. The molecule has 2 unspecified atom stereocenters. The summed E-state index contributed by atoms with van der Waals surface area (Å²) in [7, 11) is 0. The molecule has 0 saturated heterocycles. The lowest BCUT2D eigenvalue weighted by Crippen LogP contribution is -2.32. The van der Waals surface area contributed by atoms with Crippen LogP contribution in [0, 0.1) is 0 Å². The highest BCUT2D eigenvalue weighted by atomic mass is 32.2. The standard InChI is InChI=1S/C14H19NO2S/c15-13(14(16)17)9-18-8-11-6-3-5-10-4-1-2-7-12(10)11/h1-2,4,7,11,13H,3,5-6,8-9,15H2,(H,16,17). The van der Waals surface area contributed by atoms with Crippen molar-refractivity contribution < 1.29 is 9.90 Å². The predicted octanol–water partition coefficient (Wildman–Crippen LogP) is 2.25. The predicted molar refractivity (Wildman–Crippen MR) is 75.1 cm³/mol. The van der Waals surface area contributed by atoms with Crippen molar-refractivity contribution in [3.8, 4) is 0 Å². The van der Waals surface area contributed by atoms with E-state index in [0.29, 0.717) is 11.7 Å². The fourth-order valence-corrected chi connectivity index (χ4v) is 3.60. The Kier molecular flexibility index (Phi) is 4.66. The first-order chi connectivity index (χ1) is 8.68. The Hall–Kier alpha value is -1.00. The first kappa shape index (κ1) is 13.4. The van der Waals surface area contributed by atoms with Gasteiger partial charge in [0.1, 0.15) is 6.04 Å². The number of carboxylic acid groups (broad SMARTS) is 1. The average molecular weight is 265 g/mol. The number of carboxylic acids is 1. The van der Waals surface area contributed by atoms with Crippen molar-refractivity contribution in [1.82, 2.24) is 0 Å². The van der Waals surface area contributed by atoms with E-state index in [-0.39, 0.29) is 0 Å². The fourth-order valence-electron chi connectivity index (χ4n) is 2.44. The number of carbonyl (C=O) groups is 1. The van der Waals surface area contributed by atoms with Gasteiger partial charge in [-0.2, -0.15) is 11.8 Å². The molecule has 0 saturated carbocycles. The number of aliphatic carboxylic acids is 1. The van der Waals surface area contributed by atoms with E-state index < -0.39 is 12.0 Å². The van der Waals surface area contributed by atoms with E-state index in [1.165, 1.54) is 30.4 Å². The second-order valence-electron chi connectivity index (χ2n) is 4.77. The van der Waals surface area contributed by atoms with Crippen LogP contribution in [0.3, 0.4) is 0 Å². The normalized spacial score (nSPS) is 20.2. The lowest BCUT2D eigenvalue weighted by atomic mass is 9.84. The van der Waals surface area contributed by atoms with Crippen molar-refractivity contribution >= 4 is 17.7 Å². The Labute approximate surface area is 112 Å². The van der Waals surface area contributed by atoms with E-state index in [1.54, 1.807) is 11.8 Å². The third kappa shape index (κ3) is 3.27. The Balaban J connectivity index is 1.90. The summed E-state index contributed by atoms with van der Waals surface area (Å²) in [6.45, 7) is 0. The molecule has 3 nitrogen and oxygen atoms in total. The van der Waals surface area contributed by atoms with Crippen LogP contribution in [0.25, 0.3) is 0 Å². The van der Waals surface area contributed by atoms with E-state index in [0.717, 1.165) is 5.75 Å². The molecule has 0 spiro atoms. The van der Waals surface area contributed by atoms with Crippen molar-refractivity contribution in [3.05, 3.63) is 35.4 Å². The monoisotopic (exact) mass is 265 g/mol.